The van der Waals surface area contributed by atoms with Gasteiger partial charge in [0.15, 0.2) is 0 Å². The summed E-state index contributed by atoms with van der Waals surface area (Å²) in [6.07, 6.45) is 1.71. The molecule has 4 rings (SSSR count). The van der Waals surface area contributed by atoms with E-state index in [0.717, 1.165) is 58.0 Å². The fourth-order valence-electron chi connectivity index (χ4n) is 3.70. The van der Waals surface area contributed by atoms with Crippen molar-refractivity contribution in [2.45, 2.75) is 25.4 Å². The number of nitrogens with one attached hydrogen (secondary N) is 1. The molecule has 1 N–H and O–H groups in total. The summed E-state index contributed by atoms with van der Waals surface area (Å²) in [5, 5.41) is 2.93. The Kier molecular flexibility index (Phi) is 3.76. The van der Waals surface area contributed by atoms with E-state index in [4.69, 9.17) is 4.74 Å². The fraction of sp³-hybridized carbons (Fsp3) is 0.588. The lowest BCUT2D eigenvalue weighted by molar-refractivity contribution is -0.119. The summed E-state index contributed by atoms with van der Waals surface area (Å²) in [5.74, 6) is 1.28. The van der Waals surface area contributed by atoms with Crippen molar-refractivity contribution in [1.82, 2.24) is 15.1 Å². The highest BCUT2D eigenvalue weighted by Gasteiger charge is 2.29. The first-order chi connectivity index (χ1) is 10.8. The van der Waals surface area contributed by atoms with Gasteiger partial charge in [-0.3, -0.25) is 14.6 Å². The van der Waals surface area contributed by atoms with Crippen molar-refractivity contribution in [2.75, 3.05) is 39.3 Å². The van der Waals surface area contributed by atoms with Crippen LogP contribution < -0.4 is 10.1 Å². The van der Waals surface area contributed by atoms with Crippen molar-refractivity contribution < 1.29 is 9.53 Å². The minimum Gasteiger partial charge on any atom is -0.493 e. The summed E-state index contributed by atoms with van der Waals surface area (Å²) in [7, 11) is 0. The zero-order valence-corrected chi connectivity index (χ0v) is 12.9. The molecule has 2 fully saturated rings. The molecule has 3 heterocycles. The number of carbonyl (C=O) groups is 1. The SMILES string of the molecule is O=C1CC(N2CCN(Cc3ccc4c(c3)OCC4)CC2)CN1. The van der Waals surface area contributed by atoms with Crippen LogP contribution in [0.25, 0.3) is 0 Å². The van der Waals surface area contributed by atoms with E-state index >= 15 is 0 Å². The van der Waals surface area contributed by atoms with Crippen LogP contribution in [-0.2, 0) is 17.8 Å². The maximum absolute atomic E-state index is 11.3. The van der Waals surface area contributed by atoms with Gasteiger partial charge in [-0.05, 0) is 17.2 Å². The van der Waals surface area contributed by atoms with Crippen molar-refractivity contribution >= 4 is 5.91 Å². The number of hydrogen-bond acceptors (Lipinski definition) is 4. The maximum atomic E-state index is 11.3. The Hall–Kier alpha value is -1.59. The zero-order chi connectivity index (χ0) is 14.9. The van der Waals surface area contributed by atoms with Gasteiger partial charge in [-0.2, -0.15) is 0 Å². The van der Waals surface area contributed by atoms with Crippen LogP contribution in [0.5, 0.6) is 5.75 Å². The highest BCUT2D eigenvalue weighted by molar-refractivity contribution is 5.78. The normalized spacial score (nSPS) is 25.8. The molecule has 0 spiro atoms. The summed E-state index contributed by atoms with van der Waals surface area (Å²) in [6.45, 7) is 6.90. The molecule has 0 aromatic heterocycles. The number of amides is 1. The van der Waals surface area contributed by atoms with Gasteiger partial charge in [-0.25, -0.2) is 0 Å². The molecule has 2 saturated heterocycles. The molecule has 5 nitrogen and oxygen atoms in total. The van der Waals surface area contributed by atoms with Gasteiger partial charge in [-0.15, -0.1) is 0 Å². The van der Waals surface area contributed by atoms with E-state index in [1.165, 1.54) is 11.1 Å². The molecule has 3 aliphatic rings. The molecule has 1 aromatic rings. The molecule has 0 aliphatic carbocycles. The molecule has 1 unspecified atom stereocenters. The maximum Gasteiger partial charge on any atom is 0.221 e. The number of ether oxygens (including phenoxy) is 1. The number of hydrogen-bond donors (Lipinski definition) is 1. The second kappa shape index (κ2) is 5.89. The number of piperazine rings is 1. The summed E-state index contributed by atoms with van der Waals surface area (Å²) < 4.78 is 5.66. The van der Waals surface area contributed by atoms with Crippen molar-refractivity contribution in [3.63, 3.8) is 0 Å². The van der Waals surface area contributed by atoms with Crippen LogP contribution in [0.1, 0.15) is 17.5 Å². The molecule has 22 heavy (non-hydrogen) atoms. The van der Waals surface area contributed by atoms with E-state index in [9.17, 15) is 4.79 Å². The highest BCUT2D eigenvalue weighted by atomic mass is 16.5. The second-order valence-electron chi connectivity index (χ2n) is 6.51. The minimum absolute atomic E-state index is 0.200. The van der Waals surface area contributed by atoms with E-state index in [2.05, 4.69) is 33.3 Å². The van der Waals surface area contributed by atoms with Crippen molar-refractivity contribution in [2.24, 2.45) is 0 Å². The molecule has 1 atom stereocenters. The van der Waals surface area contributed by atoms with Crippen LogP contribution in [0.3, 0.4) is 0 Å². The molecule has 1 amide bonds. The Bertz CT molecular complexity index is 567. The number of nitrogens with zero attached hydrogens (tertiary/aromatic N) is 2. The molecule has 5 heteroatoms. The molecular weight excluding hydrogens is 278 g/mol. The van der Waals surface area contributed by atoms with Gasteiger partial charge in [0, 0.05) is 58.2 Å². The van der Waals surface area contributed by atoms with Gasteiger partial charge in [0.25, 0.3) is 0 Å². The predicted octanol–water partition coefficient (Wildman–Crippen LogP) is 0.628. The average Bonchev–Trinajstić information content (AvgIpc) is 3.16. The third-order valence-corrected chi connectivity index (χ3v) is 5.05. The molecular formula is C17H23N3O2. The summed E-state index contributed by atoms with van der Waals surface area (Å²) in [4.78, 5) is 16.3. The van der Waals surface area contributed by atoms with Crippen molar-refractivity contribution in [3.05, 3.63) is 29.3 Å². The van der Waals surface area contributed by atoms with Gasteiger partial charge in [0.2, 0.25) is 5.91 Å². The van der Waals surface area contributed by atoms with E-state index < -0.39 is 0 Å². The zero-order valence-electron chi connectivity index (χ0n) is 12.9. The highest BCUT2D eigenvalue weighted by Crippen LogP contribution is 2.26. The third kappa shape index (κ3) is 2.83. The van der Waals surface area contributed by atoms with Gasteiger partial charge < -0.3 is 10.1 Å². The van der Waals surface area contributed by atoms with E-state index in [1.54, 1.807) is 0 Å². The number of carbonyl (C=O) groups excluding carboxylic acids is 1. The van der Waals surface area contributed by atoms with E-state index in [0.29, 0.717) is 12.5 Å². The van der Waals surface area contributed by atoms with Crippen LogP contribution in [0, 0.1) is 0 Å². The second-order valence-corrected chi connectivity index (χ2v) is 6.51. The summed E-state index contributed by atoms with van der Waals surface area (Å²) in [5.41, 5.74) is 2.68. The van der Waals surface area contributed by atoms with Gasteiger partial charge in [-0.1, -0.05) is 12.1 Å². The van der Waals surface area contributed by atoms with Crippen molar-refractivity contribution in [1.29, 1.82) is 0 Å². The smallest absolute Gasteiger partial charge is 0.221 e. The molecule has 0 radical (unpaired) electrons. The lowest BCUT2D eigenvalue weighted by atomic mass is 10.1. The van der Waals surface area contributed by atoms with Crippen LogP contribution in [0.4, 0.5) is 0 Å². The van der Waals surface area contributed by atoms with Crippen molar-refractivity contribution in [3.8, 4) is 5.75 Å². The largest absolute Gasteiger partial charge is 0.493 e. The Morgan fingerprint density at radius 2 is 2.09 bits per heavy atom. The first-order valence-electron chi connectivity index (χ1n) is 8.26. The van der Waals surface area contributed by atoms with Gasteiger partial charge >= 0.3 is 0 Å². The molecule has 0 bridgehead atoms. The van der Waals surface area contributed by atoms with Gasteiger partial charge in [0.1, 0.15) is 5.75 Å². The van der Waals surface area contributed by atoms with E-state index in [-0.39, 0.29) is 5.91 Å². The van der Waals surface area contributed by atoms with Gasteiger partial charge in [0.05, 0.1) is 6.61 Å². The minimum atomic E-state index is 0.200. The molecule has 118 valence electrons. The number of benzene rings is 1. The third-order valence-electron chi connectivity index (χ3n) is 5.05. The molecule has 1 aromatic carbocycles. The quantitative estimate of drug-likeness (QED) is 0.889. The topological polar surface area (TPSA) is 44.8 Å². The monoisotopic (exact) mass is 301 g/mol. The summed E-state index contributed by atoms with van der Waals surface area (Å²) >= 11 is 0. The van der Waals surface area contributed by atoms with E-state index in [1.807, 2.05) is 0 Å². The number of fused-ring (bicyclic) bond motifs is 1. The first-order valence-corrected chi connectivity index (χ1v) is 8.26. The van der Waals surface area contributed by atoms with Crippen LogP contribution in [0.2, 0.25) is 0 Å². The molecule has 3 aliphatic heterocycles. The van der Waals surface area contributed by atoms with Crippen LogP contribution >= 0.6 is 0 Å². The lowest BCUT2D eigenvalue weighted by Gasteiger charge is -2.37. The molecule has 0 saturated carbocycles. The number of rotatable bonds is 3. The standard InChI is InChI=1S/C17H23N3O2/c21-17-10-15(11-18-17)20-6-4-19(5-7-20)12-13-1-2-14-3-8-22-16(14)9-13/h1-2,9,15H,3-8,10-12H2,(H,18,21). The Labute approximate surface area is 131 Å². The Morgan fingerprint density at radius 1 is 1.23 bits per heavy atom. The fourth-order valence-corrected chi connectivity index (χ4v) is 3.70. The Morgan fingerprint density at radius 3 is 2.86 bits per heavy atom. The average molecular weight is 301 g/mol. The van der Waals surface area contributed by atoms with Crippen LogP contribution in [0.15, 0.2) is 18.2 Å². The predicted molar refractivity (Wildman–Crippen MR) is 83.9 cm³/mol. The lowest BCUT2D eigenvalue weighted by Crippen LogP contribution is -2.50. The Balaban J connectivity index is 1.31. The first kappa shape index (κ1) is 14.0. The van der Waals surface area contributed by atoms with Crippen LogP contribution in [-0.4, -0.2) is 61.1 Å². The summed E-state index contributed by atoms with van der Waals surface area (Å²) in [6, 6.07) is 7.06.